The van der Waals surface area contributed by atoms with Crippen LogP contribution in [0.4, 0.5) is 0 Å². The van der Waals surface area contributed by atoms with Gasteiger partial charge in [0.05, 0.1) is 11.4 Å². The van der Waals surface area contributed by atoms with E-state index in [1.807, 2.05) is 24.5 Å². The molecule has 0 amide bonds. The molecule has 3 aliphatic rings. The Morgan fingerprint density at radius 3 is 1.10 bits per heavy atom. The minimum absolute atomic E-state index is 1.09. The highest BCUT2D eigenvalue weighted by Gasteiger charge is 2.28. The Morgan fingerprint density at radius 1 is 0.240 bits per heavy atom. The van der Waals surface area contributed by atoms with Gasteiger partial charge in [-0.15, -0.1) is 0 Å². The third-order valence-corrected chi connectivity index (χ3v) is 11.8. The standard InChI is InChI=1S/C48H24N2/c1-5-30-26(17-21-40-43(30)32(7-1)38-9-3-23-49-47(38)40)28-15-19-36-37-20-16-29(35-14-12-25-11-13-34(28)45(36)42(25)46(35)37)27-18-22-41-44-31(27)6-2-8-33(44)39-10-4-24-50-48(39)41/h1-24H. The molecule has 2 heterocycles. The molecule has 0 unspecified atom stereocenters. The predicted octanol–water partition coefficient (Wildman–Crippen LogP) is 12.9. The van der Waals surface area contributed by atoms with E-state index in [1.54, 1.807) is 0 Å². The fraction of sp³-hybridized carbons (Fsp3) is 0. The normalized spacial score (nSPS) is 12.8. The molecule has 226 valence electrons. The Morgan fingerprint density at radius 2 is 0.620 bits per heavy atom. The molecule has 50 heavy (non-hydrogen) atoms. The zero-order valence-corrected chi connectivity index (χ0v) is 26.8. The summed E-state index contributed by atoms with van der Waals surface area (Å²) in [6.45, 7) is 0. The molecular weight excluding hydrogens is 605 g/mol. The Kier molecular flexibility index (Phi) is 4.41. The number of hydrogen-bond donors (Lipinski definition) is 0. The second-order valence-corrected chi connectivity index (χ2v) is 14.0. The third-order valence-electron chi connectivity index (χ3n) is 11.8. The number of nitrogens with zero attached hydrogens (tertiary/aromatic N) is 2. The van der Waals surface area contributed by atoms with E-state index in [0.29, 0.717) is 0 Å². The van der Waals surface area contributed by atoms with Crippen molar-refractivity contribution in [2.75, 3.05) is 0 Å². The molecular formula is C48H24N2. The lowest BCUT2D eigenvalue weighted by Gasteiger charge is -2.14. The van der Waals surface area contributed by atoms with Gasteiger partial charge in [0.1, 0.15) is 0 Å². The topological polar surface area (TPSA) is 25.8 Å². The van der Waals surface area contributed by atoms with Crippen molar-refractivity contribution in [3.05, 3.63) is 146 Å². The Hall–Kier alpha value is -6.64. The largest absolute Gasteiger partial charge is 0.256 e. The van der Waals surface area contributed by atoms with Crippen LogP contribution in [0.15, 0.2) is 146 Å². The van der Waals surface area contributed by atoms with Crippen LogP contribution in [0, 0.1) is 0 Å². The first kappa shape index (κ1) is 25.4. The molecule has 10 aromatic rings. The molecule has 2 aromatic heterocycles. The maximum atomic E-state index is 4.79. The van der Waals surface area contributed by atoms with Crippen LogP contribution in [0.5, 0.6) is 0 Å². The highest BCUT2D eigenvalue weighted by Crippen LogP contribution is 2.55. The van der Waals surface area contributed by atoms with Gasteiger partial charge in [0.2, 0.25) is 0 Å². The highest BCUT2D eigenvalue weighted by atomic mass is 14.7. The van der Waals surface area contributed by atoms with Gasteiger partial charge in [-0.1, -0.05) is 121 Å². The van der Waals surface area contributed by atoms with Gasteiger partial charge >= 0.3 is 0 Å². The SMILES string of the molecule is c1cnc2c(c1)-c1cccc3c(-c4ccc5c6c4ccc4ccc7c(-c8ccc9c%10c(cccc8%10)-c8cccnc8-9)ccc-5c7c46)ccc-2c13. The number of pyridine rings is 2. The lowest BCUT2D eigenvalue weighted by molar-refractivity contribution is 1.35. The van der Waals surface area contributed by atoms with Crippen LogP contribution < -0.4 is 0 Å². The fourth-order valence-electron chi connectivity index (χ4n) is 9.83. The van der Waals surface area contributed by atoms with Crippen molar-refractivity contribution in [1.82, 2.24) is 9.97 Å². The quantitative estimate of drug-likeness (QED) is 0.178. The third kappa shape index (κ3) is 2.86. The minimum Gasteiger partial charge on any atom is -0.256 e. The Labute approximate surface area is 286 Å². The summed E-state index contributed by atoms with van der Waals surface area (Å²) in [4.78, 5) is 9.58. The molecule has 0 bridgehead atoms. The lowest BCUT2D eigenvalue weighted by Crippen LogP contribution is -1.87. The summed E-state index contributed by atoms with van der Waals surface area (Å²) < 4.78 is 0. The maximum Gasteiger partial charge on any atom is 0.0786 e. The minimum atomic E-state index is 1.09. The molecule has 0 spiro atoms. The van der Waals surface area contributed by atoms with Crippen LogP contribution in [-0.4, -0.2) is 9.97 Å². The van der Waals surface area contributed by atoms with E-state index in [0.717, 1.165) is 11.4 Å². The number of benzene rings is 8. The van der Waals surface area contributed by atoms with Crippen LogP contribution in [-0.2, 0) is 0 Å². The average Bonchev–Trinajstić information content (AvgIpc) is 3.82. The number of fused-ring (bicyclic) bond motifs is 7. The van der Waals surface area contributed by atoms with E-state index in [4.69, 9.17) is 9.97 Å². The summed E-state index contributed by atoms with van der Waals surface area (Å²) in [5.74, 6) is 0. The summed E-state index contributed by atoms with van der Waals surface area (Å²) >= 11 is 0. The van der Waals surface area contributed by atoms with Gasteiger partial charge in [0, 0.05) is 34.6 Å². The fourth-order valence-corrected chi connectivity index (χ4v) is 9.83. The molecule has 8 aromatic carbocycles. The first-order valence-electron chi connectivity index (χ1n) is 17.3. The zero-order valence-electron chi connectivity index (χ0n) is 26.8. The first-order chi connectivity index (χ1) is 24.8. The predicted molar refractivity (Wildman–Crippen MR) is 208 cm³/mol. The van der Waals surface area contributed by atoms with Crippen molar-refractivity contribution in [3.8, 4) is 78.1 Å². The Bertz CT molecular complexity index is 2980. The summed E-state index contributed by atoms with van der Waals surface area (Å²) in [7, 11) is 0. The molecule has 2 nitrogen and oxygen atoms in total. The van der Waals surface area contributed by atoms with Crippen LogP contribution >= 0.6 is 0 Å². The first-order valence-corrected chi connectivity index (χ1v) is 17.3. The molecule has 2 heteroatoms. The van der Waals surface area contributed by atoms with Crippen molar-refractivity contribution in [3.63, 3.8) is 0 Å². The lowest BCUT2D eigenvalue weighted by atomic mass is 9.89. The second-order valence-electron chi connectivity index (χ2n) is 14.0. The van der Waals surface area contributed by atoms with Crippen molar-refractivity contribution >= 4 is 53.9 Å². The monoisotopic (exact) mass is 628 g/mol. The summed E-state index contributed by atoms with van der Waals surface area (Å²) in [5.41, 5.74) is 17.4. The molecule has 3 aliphatic carbocycles. The number of aromatic nitrogens is 2. The van der Waals surface area contributed by atoms with Gasteiger partial charge in [0.15, 0.2) is 0 Å². The van der Waals surface area contributed by atoms with Gasteiger partial charge in [-0.2, -0.15) is 0 Å². The summed E-state index contributed by atoms with van der Waals surface area (Å²) in [6.07, 6.45) is 3.81. The molecule has 13 rings (SSSR count). The number of hydrogen-bond acceptors (Lipinski definition) is 2. The smallest absolute Gasteiger partial charge is 0.0786 e. The van der Waals surface area contributed by atoms with E-state index in [9.17, 15) is 0 Å². The van der Waals surface area contributed by atoms with E-state index >= 15 is 0 Å². The van der Waals surface area contributed by atoms with Crippen LogP contribution in [0.3, 0.4) is 0 Å². The van der Waals surface area contributed by atoms with Crippen molar-refractivity contribution in [2.45, 2.75) is 0 Å². The summed E-state index contributed by atoms with van der Waals surface area (Å²) in [5, 5.41) is 13.2. The van der Waals surface area contributed by atoms with Crippen LogP contribution in [0.25, 0.3) is 132 Å². The highest BCUT2D eigenvalue weighted by molar-refractivity contribution is 6.36. The second kappa shape index (κ2) is 8.68. The van der Waals surface area contributed by atoms with Gasteiger partial charge < -0.3 is 0 Å². The van der Waals surface area contributed by atoms with Gasteiger partial charge in [-0.3, -0.25) is 9.97 Å². The van der Waals surface area contributed by atoms with Gasteiger partial charge in [-0.05, 0) is 111 Å². The van der Waals surface area contributed by atoms with Gasteiger partial charge in [-0.25, -0.2) is 0 Å². The van der Waals surface area contributed by atoms with Crippen molar-refractivity contribution in [2.24, 2.45) is 0 Å². The van der Waals surface area contributed by atoms with E-state index in [1.165, 1.54) is 121 Å². The molecule has 0 saturated heterocycles. The molecule has 0 saturated carbocycles. The Balaban J connectivity index is 1.07. The average molecular weight is 629 g/mol. The molecule has 0 N–H and O–H groups in total. The van der Waals surface area contributed by atoms with Gasteiger partial charge in [0.25, 0.3) is 0 Å². The van der Waals surface area contributed by atoms with E-state index in [2.05, 4.69) is 121 Å². The molecule has 0 fully saturated rings. The van der Waals surface area contributed by atoms with Crippen LogP contribution in [0.1, 0.15) is 0 Å². The molecule has 0 atom stereocenters. The van der Waals surface area contributed by atoms with E-state index in [-0.39, 0.29) is 0 Å². The van der Waals surface area contributed by atoms with Crippen molar-refractivity contribution < 1.29 is 0 Å². The van der Waals surface area contributed by atoms with E-state index < -0.39 is 0 Å². The maximum absolute atomic E-state index is 4.79. The number of rotatable bonds is 2. The molecule has 0 radical (unpaired) electrons. The van der Waals surface area contributed by atoms with Crippen molar-refractivity contribution in [1.29, 1.82) is 0 Å². The summed E-state index contributed by atoms with van der Waals surface area (Å²) in [6, 6.07) is 50.0. The van der Waals surface area contributed by atoms with Crippen LogP contribution in [0.2, 0.25) is 0 Å². The zero-order chi connectivity index (χ0) is 32.2. The molecule has 0 aliphatic heterocycles.